The summed E-state index contributed by atoms with van der Waals surface area (Å²) in [5, 5.41) is 0. The average molecular weight is 200 g/mol. The zero-order chi connectivity index (χ0) is 10.6. The Labute approximate surface area is 88.0 Å². The van der Waals surface area contributed by atoms with Gasteiger partial charge in [-0.05, 0) is 40.0 Å². The summed E-state index contributed by atoms with van der Waals surface area (Å²) in [4.78, 5) is 4.71. The Hall–Kier alpha value is -0.120. The summed E-state index contributed by atoms with van der Waals surface area (Å²) in [6.45, 7) is 6.70. The van der Waals surface area contributed by atoms with Gasteiger partial charge in [0.25, 0.3) is 0 Å². The van der Waals surface area contributed by atoms with Crippen LogP contribution in [0.5, 0.6) is 0 Å². The van der Waals surface area contributed by atoms with E-state index < -0.39 is 0 Å². The number of hydrogen-bond donors (Lipinski definition) is 0. The monoisotopic (exact) mass is 200 g/mol. The van der Waals surface area contributed by atoms with Gasteiger partial charge in [-0.2, -0.15) is 0 Å². The molecule has 1 atom stereocenters. The van der Waals surface area contributed by atoms with Crippen LogP contribution in [-0.2, 0) is 4.74 Å². The van der Waals surface area contributed by atoms with Crippen LogP contribution in [0.1, 0.15) is 19.8 Å². The lowest BCUT2D eigenvalue weighted by atomic mass is 9.92. The van der Waals surface area contributed by atoms with Crippen molar-refractivity contribution in [3.8, 4) is 0 Å². The van der Waals surface area contributed by atoms with Crippen LogP contribution in [-0.4, -0.2) is 62.8 Å². The molecule has 3 heteroatoms. The number of nitrogens with zero attached hydrogens (tertiary/aromatic N) is 2. The van der Waals surface area contributed by atoms with Crippen LogP contribution < -0.4 is 0 Å². The van der Waals surface area contributed by atoms with Gasteiger partial charge in [0.05, 0.1) is 5.60 Å². The summed E-state index contributed by atoms with van der Waals surface area (Å²) in [7, 11) is 6.08. The normalized spacial score (nSPS) is 29.8. The van der Waals surface area contributed by atoms with Crippen molar-refractivity contribution in [1.29, 1.82) is 0 Å². The minimum absolute atomic E-state index is 0.0672. The minimum atomic E-state index is 0.0672. The van der Waals surface area contributed by atoms with E-state index in [1.807, 2.05) is 7.11 Å². The lowest BCUT2D eigenvalue weighted by Gasteiger charge is -2.43. The Morgan fingerprint density at radius 3 is 2.64 bits per heavy atom. The summed E-state index contributed by atoms with van der Waals surface area (Å²) >= 11 is 0. The van der Waals surface area contributed by atoms with Gasteiger partial charge in [-0.1, -0.05) is 6.92 Å². The molecule has 0 radical (unpaired) electrons. The predicted molar refractivity (Wildman–Crippen MR) is 59.6 cm³/mol. The van der Waals surface area contributed by atoms with Gasteiger partial charge in [0, 0.05) is 20.2 Å². The van der Waals surface area contributed by atoms with E-state index in [0.29, 0.717) is 0 Å². The van der Waals surface area contributed by atoms with Crippen LogP contribution in [0.3, 0.4) is 0 Å². The molecule has 0 N–H and O–H groups in total. The fraction of sp³-hybridized carbons (Fsp3) is 1.00. The van der Waals surface area contributed by atoms with E-state index in [4.69, 9.17) is 4.74 Å². The summed E-state index contributed by atoms with van der Waals surface area (Å²) in [5.41, 5.74) is 0.0672. The highest BCUT2D eigenvalue weighted by molar-refractivity contribution is 4.90. The highest BCUT2D eigenvalue weighted by atomic mass is 16.5. The fourth-order valence-electron chi connectivity index (χ4n) is 2.40. The van der Waals surface area contributed by atoms with Gasteiger partial charge >= 0.3 is 0 Å². The molecule has 0 aromatic rings. The molecule has 84 valence electrons. The molecule has 0 spiro atoms. The van der Waals surface area contributed by atoms with E-state index in [1.165, 1.54) is 19.4 Å². The molecule has 0 saturated carbocycles. The Kier molecular flexibility index (Phi) is 4.35. The molecule has 1 saturated heterocycles. The maximum absolute atomic E-state index is 5.74. The third-order valence-electron chi connectivity index (χ3n) is 3.10. The second-order valence-corrected chi connectivity index (χ2v) is 4.60. The van der Waals surface area contributed by atoms with Crippen LogP contribution in [0, 0.1) is 0 Å². The first kappa shape index (κ1) is 12.0. The number of hydrogen-bond acceptors (Lipinski definition) is 3. The predicted octanol–water partition coefficient (Wildman–Crippen LogP) is 1.05. The van der Waals surface area contributed by atoms with Gasteiger partial charge in [0.15, 0.2) is 0 Å². The molecule has 1 aliphatic heterocycles. The van der Waals surface area contributed by atoms with E-state index in [0.717, 1.165) is 19.6 Å². The van der Waals surface area contributed by atoms with E-state index >= 15 is 0 Å². The third-order valence-corrected chi connectivity index (χ3v) is 3.10. The number of likely N-dealkylation sites (tertiary alicyclic amines) is 1. The van der Waals surface area contributed by atoms with Gasteiger partial charge in [-0.25, -0.2) is 0 Å². The van der Waals surface area contributed by atoms with Crippen LogP contribution in [0.2, 0.25) is 0 Å². The van der Waals surface area contributed by atoms with Gasteiger partial charge < -0.3 is 14.5 Å². The van der Waals surface area contributed by atoms with Crippen molar-refractivity contribution in [2.24, 2.45) is 0 Å². The topological polar surface area (TPSA) is 15.7 Å². The highest BCUT2D eigenvalue weighted by Gasteiger charge is 2.35. The van der Waals surface area contributed by atoms with E-state index in [2.05, 4.69) is 30.8 Å². The summed E-state index contributed by atoms with van der Waals surface area (Å²) in [5.74, 6) is 0. The summed E-state index contributed by atoms with van der Waals surface area (Å²) in [6.07, 6.45) is 2.45. The van der Waals surface area contributed by atoms with Crippen molar-refractivity contribution in [2.75, 3.05) is 47.4 Å². The standard InChI is InChI=1S/C11H24N2O/c1-5-13-8-6-7-11(10-13,14-4)9-12(2)3/h5-10H2,1-4H3. The number of likely N-dealkylation sites (N-methyl/N-ethyl adjacent to an activating group) is 2. The van der Waals surface area contributed by atoms with Gasteiger partial charge in [-0.15, -0.1) is 0 Å². The second kappa shape index (κ2) is 5.10. The maximum Gasteiger partial charge on any atom is 0.0931 e. The molecule has 0 aromatic heterocycles. The number of rotatable bonds is 4. The van der Waals surface area contributed by atoms with Crippen LogP contribution in [0.25, 0.3) is 0 Å². The van der Waals surface area contributed by atoms with Crippen molar-refractivity contribution in [3.05, 3.63) is 0 Å². The number of ether oxygens (including phenoxy) is 1. The maximum atomic E-state index is 5.74. The van der Waals surface area contributed by atoms with Crippen LogP contribution >= 0.6 is 0 Å². The lowest BCUT2D eigenvalue weighted by Crippen LogP contribution is -2.54. The molecule has 0 aliphatic carbocycles. The molecule has 0 bridgehead atoms. The van der Waals surface area contributed by atoms with Gasteiger partial charge in [0.1, 0.15) is 0 Å². The quantitative estimate of drug-likeness (QED) is 0.674. The lowest BCUT2D eigenvalue weighted by molar-refractivity contribution is -0.0759. The van der Waals surface area contributed by atoms with Crippen LogP contribution in [0.15, 0.2) is 0 Å². The van der Waals surface area contributed by atoms with Crippen molar-refractivity contribution in [3.63, 3.8) is 0 Å². The number of methoxy groups -OCH3 is 1. The number of piperidine rings is 1. The SMILES string of the molecule is CCN1CCCC(CN(C)C)(OC)C1. The van der Waals surface area contributed by atoms with Gasteiger partial charge in [0.2, 0.25) is 0 Å². The third kappa shape index (κ3) is 2.94. The van der Waals surface area contributed by atoms with Crippen molar-refractivity contribution < 1.29 is 4.74 Å². The van der Waals surface area contributed by atoms with Crippen molar-refractivity contribution in [2.45, 2.75) is 25.4 Å². The molecule has 1 heterocycles. The average Bonchev–Trinajstić information content (AvgIpc) is 2.17. The summed E-state index contributed by atoms with van der Waals surface area (Å²) in [6, 6.07) is 0. The molecule has 1 rings (SSSR count). The highest BCUT2D eigenvalue weighted by Crippen LogP contribution is 2.24. The Morgan fingerprint density at radius 2 is 2.14 bits per heavy atom. The first-order valence-corrected chi connectivity index (χ1v) is 5.54. The Balaban J connectivity index is 2.58. The molecule has 1 aliphatic rings. The van der Waals surface area contributed by atoms with E-state index in [9.17, 15) is 0 Å². The summed E-state index contributed by atoms with van der Waals surface area (Å²) < 4.78 is 5.74. The van der Waals surface area contributed by atoms with Crippen molar-refractivity contribution in [1.82, 2.24) is 9.80 Å². The molecule has 14 heavy (non-hydrogen) atoms. The smallest absolute Gasteiger partial charge is 0.0931 e. The molecular formula is C11H24N2O. The first-order chi connectivity index (χ1) is 6.62. The molecule has 0 amide bonds. The molecular weight excluding hydrogens is 176 g/mol. The Morgan fingerprint density at radius 1 is 1.43 bits per heavy atom. The van der Waals surface area contributed by atoms with Gasteiger partial charge in [-0.3, -0.25) is 0 Å². The zero-order valence-electron chi connectivity index (χ0n) is 10.0. The Bertz CT molecular complexity index is 173. The van der Waals surface area contributed by atoms with E-state index in [-0.39, 0.29) is 5.60 Å². The van der Waals surface area contributed by atoms with Crippen LogP contribution in [0.4, 0.5) is 0 Å². The molecule has 1 fully saturated rings. The first-order valence-electron chi connectivity index (χ1n) is 5.54. The molecule has 1 unspecified atom stereocenters. The van der Waals surface area contributed by atoms with E-state index in [1.54, 1.807) is 0 Å². The molecule has 0 aromatic carbocycles. The fourth-order valence-corrected chi connectivity index (χ4v) is 2.40. The largest absolute Gasteiger partial charge is 0.376 e. The molecule has 3 nitrogen and oxygen atoms in total. The minimum Gasteiger partial charge on any atom is -0.376 e. The second-order valence-electron chi connectivity index (χ2n) is 4.60. The van der Waals surface area contributed by atoms with Crippen molar-refractivity contribution >= 4 is 0 Å². The zero-order valence-corrected chi connectivity index (χ0v) is 10.0.